The van der Waals surface area contributed by atoms with Crippen LogP contribution >= 0.6 is 0 Å². The van der Waals surface area contributed by atoms with Crippen molar-refractivity contribution < 1.29 is 19.5 Å². The van der Waals surface area contributed by atoms with Gasteiger partial charge in [-0.2, -0.15) is 0 Å². The molecule has 0 bridgehead atoms. The zero-order valence-corrected chi connectivity index (χ0v) is 11.7. The molecule has 0 aromatic carbocycles. The molecule has 0 aromatic rings. The highest BCUT2D eigenvalue weighted by molar-refractivity contribution is 5.91. The van der Waals surface area contributed by atoms with Crippen molar-refractivity contribution in [1.82, 2.24) is 15.5 Å². The van der Waals surface area contributed by atoms with E-state index in [1.807, 2.05) is 0 Å². The number of hydrogen-bond acceptors (Lipinski definition) is 3. The molecular formula is C12H21N3O4. The van der Waals surface area contributed by atoms with Crippen molar-refractivity contribution in [2.75, 3.05) is 27.2 Å². The topological polar surface area (TPSA) is 98.7 Å². The van der Waals surface area contributed by atoms with E-state index < -0.39 is 23.2 Å². The van der Waals surface area contributed by atoms with Gasteiger partial charge in [0, 0.05) is 27.2 Å². The minimum Gasteiger partial charge on any atom is -0.481 e. The normalized spacial score (nSPS) is 23.4. The molecule has 0 heterocycles. The molecule has 19 heavy (non-hydrogen) atoms. The fraction of sp³-hybridized carbons (Fsp3) is 0.750. The van der Waals surface area contributed by atoms with Gasteiger partial charge in [-0.15, -0.1) is 0 Å². The minimum absolute atomic E-state index is 0.232. The zero-order chi connectivity index (χ0) is 14.8. The van der Waals surface area contributed by atoms with E-state index in [1.54, 1.807) is 27.9 Å². The molecule has 1 fully saturated rings. The van der Waals surface area contributed by atoms with Crippen LogP contribution in [0.15, 0.2) is 0 Å². The molecule has 7 heteroatoms. The number of carboxylic acids is 1. The van der Waals surface area contributed by atoms with Gasteiger partial charge in [0.1, 0.15) is 0 Å². The first-order chi connectivity index (χ1) is 8.69. The average molecular weight is 271 g/mol. The SMILES string of the molecule is CN(C)C(=O)NCCNC(=O)[C@@H]1[C@H](C(=O)O)C1(C)C. The summed E-state index contributed by atoms with van der Waals surface area (Å²) in [6.45, 7) is 4.14. The van der Waals surface area contributed by atoms with Crippen LogP contribution in [0.5, 0.6) is 0 Å². The Morgan fingerprint density at radius 2 is 1.63 bits per heavy atom. The Labute approximate surface area is 112 Å². The Hall–Kier alpha value is -1.79. The molecule has 3 amide bonds. The van der Waals surface area contributed by atoms with Crippen molar-refractivity contribution >= 4 is 17.9 Å². The molecule has 1 saturated carbocycles. The third-order valence-electron chi connectivity index (χ3n) is 3.48. The van der Waals surface area contributed by atoms with Gasteiger partial charge in [0.15, 0.2) is 0 Å². The van der Waals surface area contributed by atoms with Gasteiger partial charge in [0.25, 0.3) is 0 Å². The average Bonchev–Trinajstić information content (AvgIpc) is 2.87. The van der Waals surface area contributed by atoms with E-state index in [9.17, 15) is 14.4 Å². The maximum absolute atomic E-state index is 11.8. The van der Waals surface area contributed by atoms with Crippen molar-refractivity contribution in [2.45, 2.75) is 13.8 Å². The number of hydrogen-bond donors (Lipinski definition) is 3. The van der Waals surface area contributed by atoms with Crippen LogP contribution in [-0.4, -0.2) is 55.1 Å². The van der Waals surface area contributed by atoms with E-state index in [1.165, 1.54) is 4.90 Å². The maximum Gasteiger partial charge on any atom is 0.316 e. The number of rotatable bonds is 5. The molecular weight excluding hydrogens is 250 g/mol. The number of carbonyl (C=O) groups excluding carboxylic acids is 2. The molecule has 1 aliphatic carbocycles. The lowest BCUT2D eigenvalue weighted by Crippen LogP contribution is -2.40. The second-order valence-corrected chi connectivity index (χ2v) is 5.53. The van der Waals surface area contributed by atoms with E-state index in [2.05, 4.69) is 10.6 Å². The lowest BCUT2D eigenvalue weighted by atomic mass is 10.1. The second kappa shape index (κ2) is 5.46. The molecule has 0 aliphatic heterocycles. The molecule has 0 unspecified atom stereocenters. The molecule has 7 nitrogen and oxygen atoms in total. The summed E-state index contributed by atoms with van der Waals surface area (Å²) >= 11 is 0. The second-order valence-electron chi connectivity index (χ2n) is 5.53. The molecule has 0 saturated heterocycles. The zero-order valence-electron chi connectivity index (χ0n) is 11.7. The summed E-state index contributed by atoms with van der Waals surface area (Å²) in [4.78, 5) is 35.4. The number of nitrogens with one attached hydrogen (secondary N) is 2. The van der Waals surface area contributed by atoms with Crippen LogP contribution in [0, 0.1) is 17.3 Å². The van der Waals surface area contributed by atoms with E-state index in [-0.39, 0.29) is 18.5 Å². The Balaban J connectivity index is 2.30. The quantitative estimate of drug-likeness (QED) is 0.599. The standard InChI is InChI=1S/C12H21N3O4/c1-12(2)7(8(12)10(17)18)9(16)13-5-6-14-11(19)15(3)4/h7-8H,5-6H2,1-4H3,(H,13,16)(H,14,19)(H,17,18)/t7-,8+/m0/s1. The summed E-state index contributed by atoms with van der Waals surface area (Å²) in [5.41, 5.74) is -0.497. The monoisotopic (exact) mass is 271 g/mol. The molecule has 108 valence electrons. The summed E-state index contributed by atoms with van der Waals surface area (Å²) < 4.78 is 0. The van der Waals surface area contributed by atoms with Crippen molar-refractivity contribution in [3.8, 4) is 0 Å². The van der Waals surface area contributed by atoms with Crippen LogP contribution in [0.2, 0.25) is 0 Å². The van der Waals surface area contributed by atoms with Gasteiger partial charge in [-0.05, 0) is 5.41 Å². The summed E-state index contributed by atoms with van der Waals surface area (Å²) in [5, 5.41) is 14.2. The van der Waals surface area contributed by atoms with Crippen molar-refractivity contribution in [1.29, 1.82) is 0 Å². The Bertz CT molecular complexity index is 392. The molecule has 1 aliphatic rings. The third kappa shape index (κ3) is 3.36. The Morgan fingerprint density at radius 3 is 2.05 bits per heavy atom. The van der Waals surface area contributed by atoms with Crippen molar-refractivity contribution in [2.24, 2.45) is 17.3 Å². The number of nitrogens with zero attached hydrogens (tertiary/aromatic N) is 1. The van der Waals surface area contributed by atoms with Gasteiger partial charge in [-0.25, -0.2) is 4.79 Å². The van der Waals surface area contributed by atoms with Crippen molar-refractivity contribution in [3.05, 3.63) is 0 Å². The van der Waals surface area contributed by atoms with Gasteiger partial charge in [0.05, 0.1) is 11.8 Å². The first kappa shape index (κ1) is 15.3. The maximum atomic E-state index is 11.8. The fourth-order valence-corrected chi connectivity index (χ4v) is 2.21. The predicted octanol–water partition coefficient (Wildman–Crippen LogP) is -0.269. The highest BCUT2D eigenvalue weighted by Gasteiger charge is 2.65. The van der Waals surface area contributed by atoms with E-state index >= 15 is 0 Å². The first-order valence-electron chi connectivity index (χ1n) is 6.15. The molecule has 2 atom stereocenters. The molecule has 3 N–H and O–H groups in total. The fourth-order valence-electron chi connectivity index (χ4n) is 2.21. The number of urea groups is 1. The molecule has 0 radical (unpaired) electrons. The first-order valence-corrected chi connectivity index (χ1v) is 6.15. The van der Waals surface area contributed by atoms with Crippen molar-refractivity contribution in [3.63, 3.8) is 0 Å². The highest BCUT2D eigenvalue weighted by Crippen LogP contribution is 2.58. The van der Waals surface area contributed by atoms with Gasteiger partial charge in [-0.3, -0.25) is 9.59 Å². The summed E-state index contributed by atoms with van der Waals surface area (Å²) in [6.07, 6.45) is 0. The summed E-state index contributed by atoms with van der Waals surface area (Å²) in [6, 6.07) is -0.232. The highest BCUT2D eigenvalue weighted by atomic mass is 16.4. The summed E-state index contributed by atoms with van der Waals surface area (Å²) in [5.74, 6) is -2.32. The number of carboxylic acid groups (broad SMARTS) is 1. The molecule has 1 rings (SSSR count). The molecule has 0 spiro atoms. The Kier molecular flexibility index (Phi) is 4.39. The van der Waals surface area contributed by atoms with Crippen LogP contribution in [0.4, 0.5) is 4.79 Å². The number of aliphatic carboxylic acids is 1. The summed E-state index contributed by atoms with van der Waals surface area (Å²) in [7, 11) is 3.25. The van der Waals surface area contributed by atoms with E-state index in [0.717, 1.165) is 0 Å². The van der Waals surface area contributed by atoms with E-state index in [0.29, 0.717) is 6.54 Å². The smallest absolute Gasteiger partial charge is 0.316 e. The van der Waals surface area contributed by atoms with Gasteiger partial charge >= 0.3 is 12.0 Å². The number of carbonyl (C=O) groups is 3. The van der Waals surface area contributed by atoms with Crippen LogP contribution in [0.3, 0.4) is 0 Å². The van der Waals surface area contributed by atoms with Gasteiger partial charge in [-0.1, -0.05) is 13.8 Å². The predicted molar refractivity (Wildman–Crippen MR) is 68.5 cm³/mol. The molecule has 0 aromatic heterocycles. The van der Waals surface area contributed by atoms with Crippen LogP contribution in [-0.2, 0) is 9.59 Å². The van der Waals surface area contributed by atoms with Gasteiger partial charge in [0.2, 0.25) is 5.91 Å². The minimum atomic E-state index is -0.939. The van der Waals surface area contributed by atoms with Gasteiger partial charge < -0.3 is 20.6 Å². The van der Waals surface area contributed by atoms with Crippen LogP contribution < -0.4 is 10.6 Å². The third-order valence-corrected chi connectivity index (χ3v) is 3.48. The largest absolute Gasteiger partial charge is 0.481 e. The lowest BCUT2D eigenvalue weighted by molar-refractivity contribution is -0.140. The van der Waals surface area contributed by atoms with Crippen LogP contribution in [0.25, 0.3) is 0 Å². The van der Waals surface area contributed by atoms with Crippen LogP contribution in [0.1, 0.15) is 13.8 Å². The number of amides is 3. The Morgan fingerprint density at radius 1 is 1.11 bits per heavy atom. The lowest BCUT2D eigenvalue weighted by Gasteiger charge is -2.12. The van der Waals surface area contributed by atoms with E-state index in [4.69, 9.17) is 5.11 Å².